The Labute approximate surface area is 104 Å². The second-order valence-electron chi connectivity index (χ2n) is 3.99. The molecule has 0 amide bonds. The molecule has 1 N–H and O–H groups in total. The van der Waals surface area contributed by atoms with Crippen molar-refractivity contribution in [3.8, 4) is 5.82 Å². The number of nitrogens with zero attached hydrogens (tertiary/aromatic N) is 5. The second kappa shape index (κ2) is 4.44. The van der Waals surface area contributed by atoms with Crippen LogP contribution in [0.15, 0.2) is 18.5 Å². The Bertz CT molecular complexity index is 591. The minimum absolute atomic E-state index is 0.167. The lowest BCUT2D eigenvalue weighted by molar-refractivity contribution is 0.0696. The fraction of sp³-hybridized carbons (Fsp3) is 0.273. The van der Waals surface area contributed by atoms with Crippen molar-refractivity contribution in [2.45, 2.75) is 6.92 Å². The molecule has 7 heteroatoms. The summed E-state index contributed by atoms with van der Waals surface area (Å²) >= 11 is 0. The average molecular weight is 247 g/mol. The second-order valence-corrected chi connectivity index (χ2v) is 3.99. The lowest BCUT2D eigenvalue weighted by atomic mass is 10.3. The van der Waals surface area contributed by atoms with E-state index in [2.05, 4.69) is 15.1 Å². The van der Waals surface area contributed by atoms with E-state index in [1.807, 2.05) is 14.1 Å². The van der Waals surface area contributed by atoms with Gasteiger partial charge >= 0.3 is 5.97 Å². The number of rotatable bonds is 3. The fourth-order valence-corrected chi connectivity index (χ4v) is 1.47. The van der Waals surface area contributed by atoms with Crippen molar-refractivity contribution in [2.75, 3.05) is 19.0 Å². The maximum absolute atomic E-state index is 10.9. The number of anilines is 1. The third-order valence-corrected chi connectivity index (χ3v) is 2.39. The van der Waals surface area contributed by atoms with Gasteiger partial charge in [-0.2, -0.15) is 10.1 Å². The highest BCUT2D eigenvalue weighted by molar-refractivity contribution is 5.88. The van der Waals surface area contributed by atoms with Crippen molar-refractivity contribution in [1.29, 1.82) is 0 Å². The minimum atomic E-state index is -0.999. The van der Waals surface area contributed by atoms with Gasteiger partial charge in [0.1, 0.15) is 5.56 Å². The number of hydrogen-bond acceptors (Lipinski definition) is 5. The van der Waals surface area contributed by atoms with Gasteiger partial charge in [-0.25, -0.2) is 14.5 Å². The van der Waals surface area contributed by atoms with Crippen molar-refractivity contribution in [3.05, 3.63) is 29.7 Å². The first-order chi connectivity index (χ1) is 8.49. The van der Waals surface area contributed by atoms with E-state index in [0.29, 0.717) is 17.5 Å². The molecule has 0 unspecified atom stereocenters. The molecule has 0 radical (unpaired) electrons. The van der Waals surface area contributed by atoms with Gasteiger partial charge in [-0.1, -0.05) is 0 Å². The Morgan fingerprint density at radius 1 is 1.44 bits per heavy atom. The first-order valence-corrected chi connectivity index (χ1v) is 5.29. The van der Waals surface area contributed by atoms with Crippen LogP contribution in [-0.4, -0.2) is 44.9 Å². The predicted octanol–water partition coefficient (Wildman–Crippen LogP) is 0.735. The van der Waals surface area contributed by atoms with Crippen LogP contribution in [0, 0.1) is 6.92 Å². The van der Waals surface area contributed by atoms with Crippen LogP contribution < -0.4 is 4.90 Å². The molecule has 0 aliphatic carbocycles. The van der Waals surface area contributed by atoms with Gasteiger partial charge in [-0.05, 0) is 6.92 Å². The molecule has 2 rings (SSSR count). The molecule has 0 spiro atoms. The standard InChI is InChI=1S/C11H13N5O2/c1-7-8(10(17)18)6-16(14-7)9-4-5-12-11(13-9)15(2)3/h4-6H,1-3H3,(H,17,18). The van der Waals surface area contributed by atoms with Gasteiger partial charge in [-0.3, -0.25) is 0 Å². The third kappa shape index (κ3) is 2.15. The van der Waals surface area contributed by atoms with E-state index in [1.54, 1.807) is 24.1 Å². The number of carbonyl (C=O) groups is 1. The normalized spacial score (nSPS) is 10.4. The molecular weight excluding hydrogens is 234 g/mol. The van der Waals surface area contributed by atoms with E-state index in [4.69, 9.17) is 5.11 Å². The lowest BCUT2D eigenvalue weighted by Gasteiger charge is -2.10. The zero-order valence-electron chi connectivity index (χ0n) is 10.3. The topological polar surface area (TPSA) is 84.1 Å². The van der Waals surface area contributed by atoms with E-state index in [-0.39, 0.29) is 5.56 Å². The molecule has 0 bridgehead atoms. The maximum Gasteiger partial charge on any atom is 0.339 e. The summed E-state index contributed by atoms with van der Waals surface area (Å²) < 4.78 is 1.44. The Morgan fingerprint density at radius 3 is 2.72 bits per heavy atom. The molecule has 0 fully saturated rings. The molecule has 0 saturated carbocycles. The number of hydrogen-bond donors (Lipinski definition) is 1. The summed E-state index contributed by atoms with van der Waals surface area (Å²) in [5, 5.41) is 13.1. The number of aromatic nitrogens is 4. The predicted molar refractivity (Wildman–Crippen MR) is 65.2 cm³/mol. The Hall–Kier alpha value is -2.44. The number of aromatic carboxylic acids is 1. The number of carboxylic acids is 1. The van der Waals surface area contributed by atoms with Crippen LogP contribution >= 0.6 is 0 Å². The Balaban J connectivity index is 2.45. The maximum atomic E-state index is 10.9. The third-order valence-electron chi connectivity index (χ3n) is 2.39. The van der Waals surface area contributed by atoms with Crippen LogP contribution in [-0.2, 0) is 0 Å². The molecule has 7 nitrogen and oxygen atoms in total. The summed E-state index contributed by atoms with van der Waals surface area (Å²) in [6, 6.07) is 1.67. The fourth-order valence-electron chi connectivity index (χ4n) is 1.47. The number of carboxylic acid groups (broad SMARTS) is 1. The molecule has 0 atom stereocenters. The van der Waals surface area contributed by atoms with Crippen molar-refractivity contribution < 1.29 is 9.90 Å². The largest absolute Gasteiger partial charge is 0.478 e. The quantitative estimate of drug-likeness (QED) is 0.861. The molecule has 2 heterocycles. The van der Waals surface area contributed by atoms with Crippen molar-refractivity contribution in [3.63, 3.8) is 0 Å². The van der Waals surface area contributed by atoms with Gasteiger partial charge in [-0.15, -0.1) is 0 Å². The van der Waals surface area contributed by atoms with Crippen LogP contribution in [0.2, 0.25) is 0 Å². The molecule has 0 saturated heterocycles. The molecule has 18 heavy (non-hydrogen) atoms. The molecular formula is C11H13N5O2. The van der Waals surface area contributed by atoms with E-state index in [1.165, 1.54) is 10.9 Å². The van der Waals surface area contributed by atoms with Crippen LogP contribution in [0.3, 0.4) is 0 Å². The van der Waals surface area contributed by atoms with E-state index in [9.17, 15) is 4.79 Å². The van der Waals surface area contributed by atoms with Gasteiger partial charge in [0.15, 0.2) is 5.82 Å². The SMILES string of the molecule is Cc1nn(-c2ccnc(N(C)C)n2)cc1C(=O)O. The molecule has 0 aliphatic rings. The van der Waals surface area contributed by atoms with Crippen LogP contribution in [0.5, 0.6) is 0 Å². The van der Waals surface area contributed by atoms with Crippen molar-refractivity contribution in [1.82, 2.24) is 19.7 Å². The zero-order valence-corrected chi connectivity index (χ0v) is 10.3. The van der Waals surface area contributed by atoms with Crippen LogP contribution in [0.1, 0.15) is 16.1 Å². The summed E-state index contributed by atoms with van der Waals surface area (Å²) in [5.74, 6) is 0.0717. The Kier molecular flexibility index (Phi) is 2.97. The summed E-state index contributed by atoms with van der Waals surface area (Å²) in [7, 11) is 3.66. The smallest absolute Gasteiger partial charge is 0.339 e. The summed E-state index contributed by atoms with van der Waals surface area (Å²) in [5.41, 5.74) is 0.618. The van der Waals surface area contributed by atoms with Gasteiger partial charge in [0.25, 0.3) is 0 Å². The molecule has 94 valence electrons. The first kappa shape index (κ1) is 12.0. The lowest BCUT2D eigenvalue weighted by Crippen LogP contribution is -2.13. The summed E-state index contributed by atoms with van der Waals surface area (Å²) in [6.45, 7) is 1.65. The molecule has 2 aromatic heterocycles. The van der Waals surface area contributed by atoms with E-state index < -0.39 is 5.97 Å². The highest BCUT2D eigenvalue weighted by Crippen LogP contribution is 2.12. The molecule has 0 aromatic carbocycles. The van der Waals surface area contributed by atoms with Gasteiger partial charge in [0.2, 0.25) is 5.95 Å². The van der Waals surface area contributed by atoms with E-state index >= 15 is 0 Å². The van der Waals surface area contributed by atoms with Crippen LogP contribution in [0.25, 0.3) is 5.82 Å². The van der Waals surface area contributed by atoms with Gasteiger partial charge < -0.3 is 10.0 Å². The van der Waals surface area contributed by atoms with Crippen molar-refractivity contribution in [2.24, 2.45) is 0 Å². The Morgan fingerprint density at radius 2 is 2.17 bits per heavy atom. The van der Waals surface area contributed by atoms with Gasteiger partial charge in [0, 0.05) is 32.6 Å². The summed E-state index contributed by atoms with van der Waals surface area (Å²) in [4.78, 5) is 21.1. The molecule has 0 aliphatic heterocycles. The van der Waals surface area contributed by atoms with Gasteiger partial charge in [0.05, 0.1) is 5.69 Å². The number of aryl methyl sites for hydroxylation is 1. The van der Waals surface area contributed by atoms with E-state index in [0.717, 1.165) is 0 Å². The zero-order chi connectivity index (χ0) is 13.3. The minimum Gasteiger partial charge on any atom is -0.478 e. The summed E-state index contributed by atoms with van der Waals surface area (Å²) in [6.07, 6.45) is 3.05. The highest BCUT2D eigenvalue weighted by Gasteiger charge is 2.13. The molecule has 2 aromatic rings. The monoisotopic (exact) mass is 247 g/mol. The average Bonchev–Trinajstić information content (AvgIpc) is 2.71. The highest BCUT2D eigenvalue weighted by atomic mass is 16.4. The first-order valence-electron chi connectivity index (χ1n) is 5.29. The van der Waals surface area contributed by atoms with Crippen molar-refractivity contribution >= 4 is 11.9 Å². The van der Waals surface area contributed by atoms with Crippen LogP contribution in [0.4, 0.5) is 5.95 Å².